The van der Waals surface area contributed by atoms with E-state index in [1.54, 1.807) is 0 Å². The van der Waals surface area contributed by atoms with Crippen molar-refractivity contribution >= 4 is 22.4 Å². The van der Waals surface area contributed by atoms with E-state index in [2.05, 4.69) is 15.8 Å². The van der Waals surface area contributed by atoms with E-state index in [0.717, 1.165) is 27.6 Å². The lowest BCUT2D eigenvalue weighted by Crippen LogP contribution is -2.42. The van der Waals surface area contributed by atoms with Crippen LogP contribution in [0, 0.1) is 5.92 Å². The summed E-state index contributed by atoms with van der Waals surface area (Å²) in [5.74, 6) is 0.694. The lowest BCUT2D eigenvalue weighted by Gasteiger charge is -2.20. The normalized spacial score (nSPS) is 17.8. The maximum Gasteiger partial charge on any atom is 0.240 e. The van der Waals surface area contributed by atoms with Crippen LogP contribution in [0.25, 0.3) is 10.8 Å². The van der Waals surface area contributed by atoms with E-state index in [-0.39, 0.29) is 11.8 Å². The first-order valence-corrected chi connectivity index (χ1v) is 11.2. The Hall–Kier alpha value is -3.26. The van der Waals surface area contributed by atoms with Gasteiger partial charge in [0.25, 0.3) is 0 Å². The molecule has 1 amide bonds. The van der Waals surface area contributed by atoms with Gasteiger partial charge in [-0.25, -0.2) is 5.43 Å². The number of hydrogen-bond donors (Lipinski definition) is 4. The summed E-state index contributed by atoms with van der Waals surface area (Å²) in [5.41, 5.74) is 5.32. The second kappa shape index (κ2) is 10.6. The molecule has 3 aromatic carbocycles. The Morgan fingerprint density at radius 1 is 1.09 bits per heavy atom. The summed E-state index contributed by atoms with van der Waals surface area (Å²) >= 11 is 0. The van der Waals surface area contributed by atoms with Crippen LogP contribution in [0.2, 0.25) is 0 Å². The van der Waals surface area contributed by atoms with E-state index in [9.17, 15) is 15.0 Å². The van der Waals surface area contributed by atoms with Gasteiger partial charge >= 0.3 is 0 Å². The van der Waals surface area contributed by atoms with Crippen molar-refractivity contribution in [2.45, 2.75) is 32.1 Å². The number of hydrazone groups is 1. The fraction of sp³-hybridized carbons (Fsp3) is 0.308. The van der Waals surface area contributed by atoms with Gasteiger partial charge in [0.15, 0.2) is 0 Å². The Labute approximate surface area is 193 Å². The van der Waals surface area contributed by atoms with E-state index in [4.69, 9.17) is 4.74 Å². The van der Waals surface area contributed by atoms with E-state index < -0.39 is 12.3 Å². The highest BCUT2D eigenvalue weighted by atomic mass is 16.5. The lowest BCUT2D eigenvalue weighted by molar-refractivity contribution is -0.121. The van der Waals surface area contributed by atoms with Crippen molar-refractivity contribution in [1.29, 1.82) is 0 Å². The number of hydrogen-bond acceptors (Lipinski definition) is 6. The van der Waals surface area contributed by atoms with Crippen molar-refractivity contribution in [2.75, 3.05) is 13.2 Å². The molecule has 0 radical (unpaired) electrons. The molecular weight excluding hydrogens is 418 g/mol. The molecule has 7 nitrogen and oxygen atoms in total. The first-order valence-electron chi connectivity index (χ1n) is 11.2. The summed E-state index contributed by atoms with van der Waals surface area (Å²) < 4.78 is 5.73. The Morgan fingerprint density at radius 3 is 2.64 bits per heavy atom. The molecule has 1 aliphatic rings. The number of aliphatic hydroxyl groups excluding tert-OH is 2. The van der Waals surface area contributed by atoms with Crippen LogP contribution in [0.5, 0.6) is 5.75 Å². The average Bonchev–Trinajstić information content (AvgIpc) is 2.82. The number of amides is 1. The monoisotopic (exact) mass is 447 g/mol. The molecule has 0 bridgehead atoms. The van der Waals surface area contributed by atoms with Crippen LogP contribution in [0.4, 0.5) is 0 Å². The van der Waals surface area contributed by atoms with Crippen LogP contribution < -0.4 is 15.5 Å². The third-order valence-corrected chi connectivity index (χ3v) is 5.81. The average molecular weight is 448 g/mol. The molecule has 0 fully saturated rings. The van der Waals surface area contributed by atoms with Gasteiger partial charge in [-0.05, 0) is 46.2 Å². The van der Waals surface area contributed by atoms with Crippen molar-refractivity contribution in [1.82, 2.24) is 10.7 Å². The van der Waals surface area contributed by atoms with Gasteiger partial charge in [-0.1, -0.05) is 49.4 Å². The molecule has 0 saturated carbocycles. The largest absolute Gasteiger partial charge is 0.492 e. The smallest absolute Gasteiger partial charge is 0.240 e. The van der Waals surface area contributed by atoms with Gasteiger partial charge in [0, 0.05) is 25.3 Å². The van der Waals surface area contributed by atoms with Gasteiger partial charge in [-0.3, -0.25) is 10.1 Å². The van der Waals surface area contributed by atoms with E-state index in [0.29, 0.717) is 31.7 Å². The Kier molecular flexibility index (Phi) is 7.34. The number of fused-ring (bicyclic) bond motifs is 1. The third kappa shape index (κ3) is 5.76. The van der Waals surface area contributed by atoms with Crippen LogP contribution in [0.1, 0.15) is 24.5 Å². The van der Waals surface area contributed by atoms with E-state index >= 15 is 0 Å². The van der Waals surface area contributed by atoms with Crippen LogP contribution in [-0.4, -0.2) is 47.3 Å². The third-order valence-electron chi connectivity index (χ3n) is 5.81. The fourth-order valence-electron chi connectivity index (χ4n) is 4.04. The number of ether oxygens (including phenoxy) is 1. The van der Waals surface area contributed by atoms with Gasteiger partial charge in [-0.2, -0.15) is 5.10 Å². The number of carbonyl (C=O) groups is 1. The number of nitrogens with one attached hydrogen (secondary N) is 2. The zero-order valence-electron chi connectivity index (χ0n) is 18.6. The quantitative estimate of drug-likeness (QED) is 0.298. The Balaban J connectivity index is 1.23. The first kappa shape index (κ1) is 22.9. The number of rotatable bonds is 9. The molecule has 1 heterocycles. The van der Waals surface area contributed by atoms with Crippen LogP contribution in [0.15, 0.2) is 71.8 Å². The number of nitrogens with zero attached hydrogens (tertiary/aromatic N) is 1. The molecule has 4 rings (SSSR count). The lowest BCUT2D eigenvalue weighted by atomic mass is 9.94. The van der Waals surface area contributed by atoms with E-state index in [1.165, 1.54) is 0 Å². The molecule has 0 aliphatic carbocycles. The zero-order chi connectivity index (χ0) is 23.2. The highest BCUT2D eigenvalue weighted by Gasteiger charge is 2.21. The van der Waals surface area contributed by atoms with Crippen LogP contribution in [-0.2, 0) is 11.2 Å². The maximum atomic E-state index is 11.4. The van der Waals surface area contributed by atoms with Crippen molar-refractivity contribution in [3.05, 3.63) is 77.9 Å². The Morgan fingerprint density at radius 2 is 1.85 bits per heavy atom. The zero-order valence-corrected chi connectivity index (χ0v) is 18.6. The minimum Gasteiger partial charge on any atom is -0.492 e. The van der Waals surface area contributed by atoms with Gasteiger partial charge < -0.3 is 14.9 Å². The number of benzene rings is 3. The predicted molar refractivity (Wildman–Crippen MR) is 128 cm³/mol. The summed E-state index contributed by atoms with van der Waals surface area (Å²) in [5, 5.41) is 30.0. The second-order valence-electron chi connectivity index (χ2n) is 8.32. The van der Waals surface area contributed by atoms with Gasteiger partial charge in [0.05, 0.1) is 11.8 Å². The summed E-state index contributed by atoms with van der Waals surface area (Å²) in [6.45, 7) is 2.70. The highest BCUT2D eigenvalue weighted by molar-refractivity contribution is 6.05. The first-order chi connectivity index (χ1) is 16.0. The fourth-order valence-corrected chi connectivity index (χ4v) is 4.04. The van der Waals surface area contributed by atoms with Gasteiger partial charge in [0.2, 0.25) is 5.91 Å². The summed E-state index contributed by atoms with van der Waals surface area (Å²) in [7, 11) is 0. The number of carbonyl (C=O) groups excluding carboxylic acids is 1. The van der Waals surface area contributed by atoms with Gasteiger partial charge in [-0.15, -0.1) is 0 Å². The molecule has 3 aromatic rings. The molecule has 172 valence electrons. The molecule has 3 unspecified atom stereocenters. The summed E-state index contributed by atoms with van der Waals surface area (Å²) in [6.07, 6.45) is -1.22. The minimum atomic E-state index is -1.06. The molecule has 0 aromatic heterocycles. The van der Waals surface area contributed by atoms with E-state index in [1.807, 2.05) is 73.7 Å². The maximum absolute atomic E-state index is 11.4. The molecular formula is C26H29N3O4. The molecule has 33 heavy (non-hydrogen) atoms. The Bertz CT molecular complexity index is 1120. The van der Waals surface area contributed by atoms with Crippen molar-refractivity contribution in [3.8, 4) is 5.75 Å². The highest BCUT2D eigenvalue weighted by Crippen LogP contribution is 2.21. The molecule has 0 spiro atoms. The standard InChI is InChI=1S/C26H29N3O4/c1-17-15-24(31)28-29-25(17)19-9-11-21(12-10-19)33-14-13-27-26(32)23(30)16-20-7-4-6-18-5-2-3-8-22(18)20/h2-12,17,23,26-27,30,32H,13-16H2,1H3,(H,28,31). The number of aliphatic hydroxyl groups is 2. The molecule has 1 aliphatic heterocycles. The molecule has 0 saturated heterocycles. The topological polar surface area (TPSA) is 103 Å². The minimum absolute atomic E-state index is 0.0662. The van der Waals surface area contributed by atoms with Crippen molar-refractivity contribution in [2.24, 2.45) is 11.0 Å². The summed E-state index contributed by atoms with van der Waals surface area (Å²) in [6, 6.07) is 21.5. The van der Waals surface area contributed by atoms with Crippen molar-refractivity contribution in [3.63, 3.8) is 0 Å². The molecule has 3 atom stereocenters. The predicted octanol–water partition coefficient (Wildman–Crippen LogP) is 2.59. The SMILES string of the molecule is CC1CC(=O)NN=C1c1ccc(OCCNC(O)C(O)Cc2cccc3ccccc23)cc1. The second-order valence-corrected chi connectivity index (χ2v) is 8.32. The van der Waals surface area contributed by atoms with Crippen LogP contribution >= 0.6 is 0 Å². The van der Waals surface area contributed by atoms with Gasteiger partial charge in [0.1, 0.15) is 18.6 Å². The molecule has 7 heteroatoms. The molecule has 4 N–H and O–H groups in total. The summed E-state index contributed by atoms with van der Waals surface area (Å²) in [4.78, 5) is 11.4. The van der Waals surface area contributed by atoms with Crippen LogP contribution in [0.3, 0.4) is 0 Å². The van der Waals surface area contributed by atoms with Crippen molar-refractivity contribution < 1.29 is 19.7 Å².